The van der Waals surface area contributed by atoms with E-state index in [0.29, 0.717) is 0 Å². The Kier molecular flexibility index (Phi) is 5.83. The molecule has 2 heterocycles. The Morgan fingerprint density at radius 2 is 1.64 bits per heavy atom. The lowest BCUT2D eigenvalue weighted by atomic mass is 9.91. The van der Waals surface area contributed by atoms with E-state index < -0.39 is 0 Å². The van der Waals surface area contributed by atoms with Crippen LogP contribution in [0.25, 0.3) is 16.3 Å². The second kappa shape index (κ2) is 8.96. The van der Waals surface area contributed by atoms with E-state index in [0.717, 1.165) is 13.1 Å². The third kappa shape index (κ3) is 3.66. The monoisotopic (exact) mass is 473 g/mol. The molecule has 0 radical (unpaired) electrons. The van der Waals surface area contributed by atoms with Gasteiger partial charge in [-0.3, -0.25) is 0 Å². The van der Waals surface area contributed by atoms with Gasteiger partial charge in [-0.2, -0.15) is 4.57 Å². The van der Waals surface area contributed by atoms with Crippen molar-refractivity contribution < 1.29 is 4.57 Å². The predicted molar refractivity (Wildman–Crippen MR) is 143 cm³/mol. The first-order valence-electron chi connectivity index (χ1n) is 12.7. The molecular weight excluding hydrogens is 440 g/mol. The molecule has 0 N–H and O–H groups in total. The fourth-order valence-corrected chi connectivity index (χ4v) is 8.55. The highest BCUT2D eigenvalue weighted by Gasteiger charge is 2.28. The molecule has 0 bridgehead atoms. The summed E-state index contributed by atoms with van der Waals surface area (Å²) in [7, 11) is 0. The zero-order chi connectivity index (χ0) is 22.4. The Hall–Kier alpha value is -2.04. The summed E-state index contributed by atoms with van der Waals surface area (Å²) >= 11 is 3.97. The van der Waals surface area contributed by atoms with Crippen LogP contribution in [0.1, 0.15) is 66.8 Å². The van der Waals surface area contributed by atoms with Crippen LogP contribution in [0.2, 0.25) is 0 Å². The molecule has 0 amide bonds. The topological polar surface area (TPSA) is 7.12 Å². The largest absolute Gasteiger partial charge is 0.335 e. The number of aryl methyl sites for hydroxylation is 4. The summed E-state index contributed by atoms with van der Waals surface area (Å²) in [5.41, 5.74) is 9.23. The van der Waals surface area contributed by atoms with Gasteiger partial charge in [0.2, 0.25) is 5.52 Å². The lowest BCUT2D eigenvalue weighted by molar-refractivity contribution is -0.665. The zero-order valence-corrected chi connectivity index (χ0v) is 21.5. The summed E-state index contributed by atoms with van der Waals surface area (Å²) in [6.45, 7) is 6.57. The van der Waals surface area contributed by atoms with Crippen LogP contribution in [-0.2, 0) is 32.2 Å². The van der Waals surface area contributed by atoms with E-state index in [4.69, 9.17) is 0 Å². The minimum absolute atomic E-state index is 1.02. The van der Waals surface area contributed by atoms with Crippen molar-refractivity contribution in [2.75, 3.05) is 11.4 Å². The van der Waals surface area contributed by atoms with E-state index in [2.05, 4.69) is 65.8 Å². The van der Waals surface area contributed by atoms with Gasteiger partial charge in [0.1, 0.15) is 11.2 Å². The molecule has 0 unspecified atom stereocenters. The van der Waals surface area contributed by atoms with Gasteiger partial charge in [-0.15, -0.1) is 0 Å². The van der Waals surface area contributed by atoms with Crippen molar-refractivity contribution in [3.05, 3.63) is 68.7 Å². The maximum absolute atomic E-state index is 2.49. The summed E-state index contributed by atoms with van der Waals surface area (Å²) in [4.78, 5) is 4.01. The molecule has 0 saturated heterocycles. The molecule has 0 atom stereocenters. The molecule has 3 aliphatic rings. The standard InChI is InChI=1S/C29H33N2S2/c1-3-30-24-18-16-20-10-5-7-12-22(20)28(24)32-26(30)14-9-15-27-31(4-2)25-19-17-21-11-6-8-13-23(21)29(25)33-27/h9,14-19H,3-8,10-13H2,1-2H3/q+1. The summed E-state index contributed by atoms with van der Waals surface area (Å²) in [5, 5.41) is 2.73. The van der Waals surface area contributed by atoms with Crippen molar-refractivity contribution in [1.29, 1.82) is 0 Å². The van der Waals surface area contributed by atoms with E-state index in [1.54, 1.807) is 22.3 Å². The van der Waals surface area contributed by atoms with Crippen LogP contribution in [0.4, 0.5) is 5.69 Å². The molecule has 2 nitrogen and oxygen atoms in total. The van der Waals surface area contributed by atoms with Gasteiger partial charge < -0.3 is 4.90 Å². The summed E-state index contributed by atoms with van der Waals surface area (Å²) < 4.78 is 4.01. The van der Waals surface area contributed by atoms with Crippen molar-refractivity contribution in [3.63, 3.8) is 0 Å². The van der Waals surface area contributed by atoms with Crippen molar-refractivity contribution in [2.45, 2.75) is 76.7 Å². The SMILES string of the molecule is CCN1/C(=C/C=C/c2sc3c4c(ccc3[n+]2CC)CCCC4)Sc2c1ccc1c2CCCC1. The fraction of sp³-hybridized carbons (Fsp3) is 0.414. The highest BCUT2D eigenvalue weighted by atomic mass is 32.2. The molecule has 1 aromatic heterocycles. The number of fused-ring (bicyclic) bond motifs is 6. The molecule has 0 saturated carbocycles. The Morgan fingerprint density at radius 1 is 0.909 bits per heavy atom. The van der Waals surface area contributed by atoms with Gasteiger partial charge in [0.15, 0.2) is 0 Å². The van der Waals surface area contributed by atoms with Crippen molar-refractivity contribution in [1.82, 2.24) is 0 Å². The quantitative estimate of drug-likeness (QED) is 0.363. The van der Waals surface area contributed by atoms with Crippen molar-refractivity contribution >= 4 is 45.1 Å². The van der Waals surface area contributed by atoms with Crippen LogP contribution >= 0.6 is 23.1 Å². The molecule has 4 heteroatoms. The number of thiazole rings is 1. The number of thioether (sulfide) groups is 1. The van der Waals surface area contributed by atoms with Gasteiger partial charge in [-0.25, -0.2) is 0 Å². The summed E-state index contributed by atoms with van der Waals surface area (Å²) in [5.74, 6) is 0. The zero-order valence-electron chi connectivity index (χ0n) is 19.8. The van der Waals surface area contributed by atoms with Crippen molar-refractivity contribution in [3.8, 4) is 0 Å². The Morgan fingerprint density at radius 3 is 2.42 bits per heavy atom. The maximum Gasteiger partial charge on any atom is 0.262 e. The number of hydrogen-bond donors (Lipinski definition) is 0. The Labute approximate surface area is 206 Å². The van der Waals surface area contributed by atoms with Gasteiger partial charge in [0.25, 0.3) is 5.01 Å². The highest BCUT2D eigenvalue weighted by molar-refractivity contribution is 8.03. The van der Waals surface area contributed by atoms with Crippen LogP contribution < -0.4 is 9.47 Å². The average Bonchev–Trinajstić information content (AvgIpc) is 3.41. The highest BCUT2D eigenvalue weighted by Crippen LogP contribution is 2.49. The molecule has 6 rings (SSSR count). The Balaban J connectivity index is 1.34. The average molecular weight is 474 g/mol. The molecule has 3 aromatic rings. The molecule has 0 spiro atoms. The fourth-order valence-electron chi connectivity index (χ4n) is 5.89. The number of benzene rings is 2. The van der Waals surface area contributed by atoms with Gasteiger partial charge in [-0.05, 0) is 99.6 Å². The van der Waals surface area contributed by atoms with E-state index in [1.807, 2.05) is 23.1 Å². The lowest BCUT2D eigenvalue weighted by Crippen LogP contribution is -2.33. The molecule has 0 fully saturated rings. The second-order valence-electron chi connectivity index (χ2n) is 9.41. The Bertz CT molecular complexity index is 1280. The second-order valence-corrected chi connectivity index (χ2v) is 11.5. The number of anilines is 1. The number of allylic oxidation sites excluding steroid dienone is 2. The predicted octanol–water partition coefficient (Wildman–Crippen LogP) is 7.45. The first kappa shape index (κ1) is 21.5. The van der Waals surface area contributed by atoms with E-state index in [9.17, 15) is 0 Å². The smallest absolute Gasteiger partial charge is 0.262 e. The first-order valence-corrected chi connectivity index (χ1v) is 14.4. The number of hydrogen-bond acceptors (Lipinski definition) is 3. The molecule has 33 heavy (non-hydrogen) atoms. The minimum atomic E-state index is 1.02. The van der Waals surface area contributed by atoms with E-state index >= 15 is 0 Å². The van der Waals surface area contributed by atoms with Gasteiger partial charge in [0.05, 0.1) is 10.7 Å². The normalized spacial score (nSPS) is 18.8. The number of rotatable bonds is 4. The van der Waals surface area contributed by atoms with Crippen LogP contribution in [-0.4, -0.2) is 6.54 Å². The molecule has 2 aromatic carbocycles. The molecule has 170 valence electrons. The van der Waals surface area contributed by atoms with E-state index in [-0.39, 0.29) is 0 Å². The molecule has 1 aliphatic heterocycles. The third-order valence-corrected chi connectivity index (χ3v) is 10.0. The third-order valence-electron chi connectivity index (χ3n) is 7.56. The van der Waals surface area contributed by atoms with Crippen molar-refractivity contribution in [2.24, 2.45) is 0 Å². The van der Waals surface area contributed by atoms with E-state index in [1.165, 1.54) is 82.2 Å². The minimum Gasteiger partial charge on any atom is -0.335 e. The number of aromatic nitrogens is 1. The van der Waals surface area contributed by atoms with Crippen LogP contribution in [0, 0.1) is 0 Å². The van der Waals surface area contributed by atoms with Gasteiger partial charge in [-0.1, -0.05) is 41.3 Å². The molecular formula is C29H33N2S2+. The molecule has 2 aliphatic carbocycles. The maximum atomic E-state index is 2.49. The van der Waals surface area contributed by atoms with Gasteiger partial charge >= 0.3 is 0 Å². The van der Waals surface area contributed by atoms with Crippen LogP contribution in [0.5, 0.6) is 0 Å². The lowest BCUT2D eigenvalue weighted by Gasteiger charge is -2.21. The van der Waals surface area contributed by atoms with Crippen LogP contribution in [0.15, 0.2) is 46.3 Å². The van der Waals surface area contributed by atoms with Gasteiger partial charge in [0, 0.05) is 23.6 Å². The number of nitrogens with zero attached hydrogens (tertiary/aromatic N) is 2. The first-order chi connectivity index (χ1) is 16.3. The van der Waals surface area contributed by atoms with Crippen LogP contribution in [0.3, 0.4) is 0 Å². The summed E-state index contributed by atoms with van der Waals surface area (Å²) in [6, 6.07) is 9.50. The summed E-state index contributed by atoms with van der Waals surface area (Å²) in [6.07, 6.45) is 17.3.